The van der Waals surface area contributed by atoms with E-state index in [-0.39, 0.29) is 0 Å². The summed E-state index contributed by atoms with van der Waals surface area (Å²) in [5.41, 5.74) is 1.12. The minimum absolute atomic E-state index is 0.460. The number of aromatic nitrogens is 2. The third-order valence-corrected chi connectivity index (χ3v) is 3.99. The Morgan fingerprint density at radius 2 is 1.85 bits per heavy atom. The van der Waals surface area contributed by atoms with Crippen LogP contribution in [-0.2, 0) is 6.42 Å². The van der Waals surface area contributed by atoms with Crippen molar-refractivity contribution in [2.75, 3.05) is 29.2 Å². The van der Waals surface area contributed by atoms with E-state index in [1.807, 2.05) is 11.8 Å². The van der Waals surface area contributed by atoms with Gasteiger partial charge >= 0.3 is 0 Å². The van der Waals surface area contributed by atoms with Crippen molar-refractivity contribution in [1.82, 2.24) is 9.97 Å². The lowest BCUT2D eigenvalue weighted by molar-refractivity contribution is 0.763. The van der Waals surface area contributed by atoms with E-state index in [4.69, 9.17) is 0 Å². The van der Waals surface area contributed by atoms with Crippen LogP contribution in [0.15, 0.2) is 0 Å². The molecule has 0 bridgehead atoms. The Labute approximate surface area is 127 Å². The van der Waals surface area contributed by atoms with E-state index in [0.29, 0.717) is 6.04 Å². The van der Waals surface area contributed by atoms with E-state index in [1.54, 1.807) is 0 Å². The summed E-state index contributed by atoms with van der Waals surface area (Å²) in [6, 6.07) is 0.460. The molecule has 0 aromatic carbocycles. The zero-order valence-electron chi connectivity index (χ0n) is 13.4. The van der Waals surface area contributed by atoms with E-state index in [9.17, 15) is 0 Å². The standard InChI is InChI=1S/C15H28N4S/c1-6-9-16-14-11(4)15(19-13(8-3)18-14)17-12(7-2)10-20-5/h12H,6-10H2,1-5H3,(H2,16,17,18,19). The number of rotatable bonds is 9. The number of hydrogen-bond acceptors (Lipinski definition) is 5. The Morgan fingerprint density at radius 3 is 2.40 bits per heavy atom. The average molecular weight is 296 g/mol. The lowest BCUT2D eigenvalue weighted by atomic mass is 10.2. The molecule has 0 spiro atoms. The number of thioether (sulfide) groups is 1. The Kier molecular flexibility index (Phi) is 7.73. The van der Waals surface area contributed by atoms with Crippen molar-refractivity contribution >= 4 is 23.4 Å². The van der Waals surface area contributed by atoms with E-state index < -0.39 is 0 Å². The van der Waals surface area contributed by atoms with Gasteiger partial charge in [-0.3, -0.25) is 0 Å². The Morgan fingerprint density at radius 1 is 1.15 bits per heavy atom. The predicted molar refractivity (Wildman–Crippen MR) is 91.0 cm³/mol. The van der Waals surface area contributed by atoms with Gasteiger partial charge in [0.05, 0.1) is 0 Å². The summed E-state index contributed by atoms with van der Waals surface area (Å²) in [7, 11) is 0. The topological polar surface area (TPSA) is 49.8 Å². The molecule has 0 aliphatic rings. The summed E-state index contributed by atoms with van der Waals surface area (Å²) in [5, 5.41) is 6.98. The molecule has 0 amide bonds. The van der Waals surface area contributed by atoms with Gasteiger partial charge < -0.3 is 10.6 Å². The minimum Gasteiger partial charge on any atom is -0.370 e. The molecule has 0 fully saturated rings. The number of hydrogen-bond donors (Lipinski definition) is 2. The molecule has 5 heteroatoms. The van der Waals surface area contributed by atoms with Gasteiger partial charge in [-0.2, -0.15) is 11.8 Å². The van der Waals surface area contributed by atoms with E-state index in [0.717, 1.165) is 54.6 Å². The molecule has 0 saturated heterocycles. The molecule has 20 heavy (non-hydrogen) atoms. The number of nitrogens with zero attached hydrogens (tertiary/aromatic N) is 2. The number of aryl methyl sites for hydroxylation is 1. The van der Waals surface area contributed by atoms with Crippen molar-refractivity contribution in [3.8, 4) is 0 Å². The van der Waals surface area contributed by atoms with Crippen LogP contribution in [0.25, 0.3) is 0 Å². The van der Waals surface area contributed by atoms with Crippen LogP contribution in [-0.4, -0.2) is 34.6 Å². The molecule has 0 aliphatic heterocycles. The molecule has 1 aromatic rings. The molecule has 1 rings (SSSR count). The first-order valence-corrected chi connectivity index (χ1v) is 8.92. The smallest absolute Gasteiger partial charge is 0.135 e. The molecule has 1 heterocycles. The van der Waals surface area contributed by atoms with Gasteiger partial charge in [-0.25, -0.2) is 9.97 Å². The van der Waals surface area contributed by atoms with Crippen molar-refractivity contribution in [3.63, 3.8) is 0 Å². The van der Waals surface area contributed by atoms with Gasteiger partial charge in [0.25, 0.3) is 0 Å². The number of nitrogens with one attached hydrogen (secondary N) is 2. The second-order valence-corrected chi connectivity index (χ2v) is 5.86. The molecule has 2 N–H and O–H groups in total. The van der Waals surface area contributed by atoms with Gasteiger partial charge in [-0.1, -0.05) is 20.8 Å². The van der Waals surface area contributed by atoms with Gasteiger partial charge in [0.15, 0.2) is 0 Å². The first-order chi connectivity index (χ1) is 9.65. The molecule has 1 unspecified atom stereocenters. The third kappa shape index (κ3) is 4.85. The van der Waals surface area contributed by atoms with Crippen molar-refractivity contribution in [2.24, 2.45) is 0 Å². The van der Waals surface area contributed by atoms with E-state index in [1.165, 1.54) is 0 Å². The maximum atomic E-state index is 4.66. The highest BCUT2D eigenvalue weighted by atomic mass is 32.2. The summed E-state index contributed by atoms with van der Waals surface area (Å²) in [6.07, 6.45) is 5.19. The summed E-state index contributed by atoms with van der Waals surface area (Å²) < 4.78 is 0. The highest BCUT2D eigenvalue weighted by Crippen LogP contribution is 2.22. The van der Waals surface area contributed by atoms with Gasteiger partial charge in [0, 0.05) is 30.3 Å². The quantitative estimate of drug-likeness (QED) is 0.727. The fraction of sp³-hybridized carbons (Fsp3) is 0.733. The largest absolute Gasteiger partial charge is 0.370 e. The number of anilines is 2. The Bertz CT molecular complexity index is 409. The van der Waals surface area contributed by atoms with Crippen LogP contribution < -0.4 is 10.6 Å². The zero-order chi connectivity index (χ0) is 15.0. The minimum atomic E-state index is 0.460. The lowest BCUT2D eigenvalue weighted by Gasteiger charge is -2.20. The maximum absolute atomic E-state index is 4.66. The van der Waals surface area contributed by atoms with E-state index in [2.05, 4.69) is 54.6 Å². The SMILES string of the molecule is CCCNc1nc(CC)nc(NC(CC)CSC)c1C. The molecular weight excluding hydrogens is 268 g/mol. The fourth-order valence-electron chi connectivity index (χ4n) is 1.93. The predicted octanol–water partition coefficient (Wildman–Crippen LogP) is 3.72. The normalized spacial score (nSPS) is 12.2. The van der Waals surface area contributed by atoms with Gasteiger partial charge in [0.2, 0.25) is 0 Å². The van der Waals surface area contributed by atoms with Crippen LogP contribution in [0.1, 0.15) is 45.0 Å². The monoisotopic (exact) mass is 296 g/mol. The van der Waals surface area contributed by atoms with Crippen LogP contribution in [0.5, 0.6) is 0 Å². The highest BCUT2D eigenvalue weighted by Gasteiger charge is 2.13. The van der Waals surface area contributed by atoms with Crippen LogP contribution in [0.4, 0.5) is 11.6 Å². The second-order valence-electron chi connectivity index (χ2n) is 4.95. The van der Waals surface area contributed by atoms with Crippen molar-refractivity contribution in [3.05, 3.63) is 11.4 Å². The molecule has 114 valence electrons. The van der Waals surface area contributed by atoms with Crippen LogP contribution in [0.3, 0.4) is 0 Å². The van der Waals surface area contributed by atoms with Gasteiger partial charge in [-0.15, -0.1) is 0 Å². The summed E-state index contributed by atoms with van der Waals surface area (Å²) in [6.45, 7) is 9.50. The van der Waals surface area contributed by atoms with Crippen molar-refractivity contribution in [1.29, 1.82) is 0 Å². The Balaban J connectivity index is 2.97. The van der Waals surface area contributed by atoms with Gasteiger partial charge in [0.1, 0.15) is 17.5 Å². The molecule has 0 aliphatic carbocycles. The van der Waals surface area contributed by atoms with Crippen molar-refractivity contribution in [2.45, 2.75) is 53.0 Å². The summed E-state index contributed by atoms with van der Waals surface area (Å²) in [5.74, 6) is 3.95. The molecule has 1 aromatic heterocycles. The zero-order valence-corrected chi connectivity index (χ0v) is 14.2. The molecule has 4 nitrogen and oxygen atoms in total. The Hall–Kier alpha value is -0.970. The van der Waals surface area contributed by atoms with Crippen LogP contribution in [0, 0.1) is 6.92 Å². The first kappa shape index (κ1) is 17.1. The molecule has 1 atom stereocenters. The summed E-state index contributed by atoms with van der Waals surface area (Å²) in [4.78, 5) is 9.26. The van der Waals surface area contributed by atoms with Crippen LogP contribution >= 0.6 is 11.8 Å². The molecule has 0 radical (unpaired) electrons. The second kappa shape index (κ2) is 9.06. The van der Waals surface area contributed by atoms with Crippen molar-refractivity contribution < 1.29 is 0 Å². The molecule has 0 saturated carbocycles. The highest BCUT2D eigenvalue weighted by molar-refractivity contribution is 7.98. The van der Waals surface area contributed by atoms with Crippen LogP contribution in [0.2, 0.25) is 0 Å². The fourth-order valence-corrected chi connectivity index (χ4v) is 2.65. The van der Waals surface area contributed by atoms with Gasteiger partial charge in [-0.05, 0) is 26.0 Å². The summed E-state index contributed by atoms with van der Waals surface area (Å²) >= 11 is 1.87. The lowest BCUT2D eigenvalue weighted by Crippen LogP contribution is -2.23. The maximum Gasteiger partial charge on any atom is 0.135 e. The van der Waals surface area contributed by atoms with E-state index >= 15 is 0 Å². The average Bonchev–Trinajstić information content (AvgIpc) is 2.47. The molecular formula is C15H28N4S. The third-order valence-electron chi connectivity index (χ3n) is 3.25. The first-order valence-electron chi connectivity index (χ1n) is 7.52.